The smallest absolute Gasteiger partial charge is 0.310 e. The van der Waals surface area contributed by atoms with Crippen molar-refractivity contribution in [3.05, 3.63) is 39.8 Å². The first-order valence-corrected chi connectivity index (χ1v) is 4.35. The van der Waals surface area contributed by atoms with Crippen molar-refractivity contribution in [2.75, 3.05) is 5.32 Å². The number of carbonyl (C=O) groups excluding carboxylic acids is 1. The maximum absolute atomic E-state index is 10.7. The summed E-state index contributed by atoms with van der Waals surface area (Å²) in [4.78, 5) is 24.2. The summed E-state index contributed by atoms with van der Waals surface area (Å²) in [5.41, 5.74) is 4.43. The Morgan fingerprint density at radius 2 is 2.31 bits per heavy atom. The average molecular weight is 243 g/mol. The van der Waals surface area contributed by atoms with Crippen molar-refractivity contribution in [3.63, 3.8) is 0 Å². The predicted octanol–water partition coefficient (Wildman–Crippen LogP) is 1.05. The second-order valence-corrected chi connectivity index (χ2v) is 3.14. The van der Waals surface area contributed by atoms with E-state index in [9.17, 15) is 14.9 Å². The number of primary amides is 1. The fourth-order valence-corrected chi connectivity index (χ4v) is 1.05. The molecule has 3 N–H and O–H groups in total. The Hall–Kier alpha value is -2.15. The summed E-state index contributed by atoms with van der Waals surface area (Å²) >= 11 is 5.56. The summed E-state index contributed by atoms with van der Waals surface area (Å²) in [5, 5.41) is 13.1. The van der Waals surface area contributed by atoms with Gasteiger partial charge in [-0.3, -0.25) is 14.9 Å². The number of hydrogen-bond acceptors (Lipinski definition) is 5. The third-order valence-electron chi connectivity index (χ3n) is 1.63. The van der Waals surface area contributed by atoms with Gasteiger partial charge >= 0.3 is 5.69 Å². The molecule has 0 fully saturated rings. The monoisotopic (exact) mass is 242 g/mol. The Balaban J connectivity index is 3.10. The second-order valence-electron chi connectivity index (χ2n) is 2.75. The molecule has 0 atom stereocenters. The van der Waals surface area contributed by atoms with Gasteiger partial charge in [-0.25, -0.2) is 4.98 Å². The summed E-state index contributed by atoms with van der Waals surface area (Å²) in [5.74, 6) is -0.817. The van der Waals surface area contributed by atoms with E-state index in [0.717, 1.165) is 6.20 Å². The number of nitrogens with one attached hydrogen (secondary N) is 1. The van der Waals surface area contributed by atoms with Gasteiger partial charge in [0, 0.05) is 6.07 Å². The molecule has 1 heterocycles. The number of hydrogen-bond donors (Lipinski definition) is 2. The number of halogens is 1. The van der Waals surface area contributed by atoms with Crippen molar-refractivity contribution in [1.29, 1.82) is 0 Å². The number of carbonyl (C=O) groups is 1. The molecule has 16 heavy (non-hydrogen) atoms. The van der Waals surface area contributed by atoms with Crippen molar-refractivity contribution >= 4 is 28.9 Å². The number of nitrogens with zero attached hydrogens (tertiary/aromatic N) is 2. The van der Waals surface area contributed by atoms with Crippen LogP contribution in [0, 0.1) is 10.1 Å². The highest BCUT2D eigenvalue weighted by Gasteiger charge is 2.16. The summed E-state index contributed by atoms with van der Waals surface area (Å²) in [6.45, 7) is 3.31. The minimum atomic E-state index is -0.817. The highest BCUT2D eigenvalue weighted by atomic mass is 35.5. The van der Waals surface area contributed by atoms with Crippen LogP contribution in [0.5, 0.6) is 0 Å². The number of anilines is 1. The summed E-state index contributed by atoms with van der Waals surface area (Å²) in [6.07, 6.45) is 0.971. The molecule has 0 bridgehead atoms. The highest BCUT2D eigenvalue weighted by Crippen LogP contribution is 2.26. The van der Waals surface area contributed by atoms with Gasteiger partial charge in [0.15, 0.2) is 0 Å². The van der Waals surface area contributed by atoms with Crippen LogP contribution in [0.2, 0.25) is 5.15 Å². The van der Waals surface area contributed by atoms with E-state index < -0.39 is 10.8 Å². The quantitative estimate of drug-likeness (QED) is 0.355. The van der Waals surface area contributed by atoms with Crippen molar-refractivity contribution in [2.24, 2.45) is 5.73 Å². The number of pyridine rings is 1. The molecule has 8 heteroatoms. The zero-order chi connectivity index (χ0) is 12.3. The maximum atomic E-state index is 10.7. The Morgan fingerprint density at radius 3 is 2.81 bits per heavy atom. The lowest BCUT2D eigenvalue weighted by Crippen LogP contribution is -2.19. The minimum Gasteiger partial charge on any atom is -0.364 e. The van der Waals surface area contributed by atoms with Gasteiger partial charge in [-0.2, -0.15) is 0 Å². The van der Waals surface area contributed by atoms with Gasteiger partial charge in [0.2, 0.25) is 0 Å². The lowest BCUT2D eigenvalue weighted by Gasteiger charge is -2.06. The molecule has 1 amide bonds. The maximum Gasteiger partial charge on any atom is 0.310 e. The van der Waals surface area contributed by atoms with E-state index in [4.69, 9.17) is 17.3 Å². The summed E-state index contributed by atoms with van der Waals surface area (Å²) in [7, 11) is 0. The van der Waals surface area contributed by atoms with Crippen LogP contribution >= 0.6 is 11.6 Å². The number of rotatable bonds is 4. The first-order chi connectivity index (χ1) is 7.41. The molecule has 0 aliphatic rings. The van der Waals surface area contributed by atoms with E-state index in [0.29, 0.717) is 0 Å². The summed E-state index contributed by atoms with van der Waals surface area (Å²) in [6, 6.07) is 1.20. The zero-order valence-electron chi connectivity index (χ0n) is 7.94. The SMILES string of the molecule is C=C(Nc1cc(Cl)ncc1[N+](=O)[O-])C(N)=O. The van der Waals surface area contributed by atoms with Gasteiger partial charge in [0.25, 0.3) is 5.91 Å². The molecule has 0 saturated heterocycles. The van der Waals surface area contributed by atoms with Crippen LogP contribution in [0.15, 0.2) is 24.5 Å². The van der Waals surface area contributed by atoms with Crippen LogP contribution in [0.4, 0.5) is 11.4 Å². The van der Waals surface area contributed by atoms with Crippen molar-refractivity contribution in [2.45, 2.75) is 0 Å². The number of aromatic nitrogens is 1. The molecule has 0 radical (unpaired) electrons. The predicted molar refractivity (Wildman–Crippen MR) is 57.9 cm³/mol. The minimum absolute atomic E-state index is 0.00815. The summed E-state index contributed by atoms with van der Waals surface area (Å²) < 4.78 is 0. The third kappa shape index (κ3) is 2.67. The van der Waals surface area contributed by atoms with Crippen molar-refractivity contribution in [1.82, 2.24) is 4.98 Å². The van der Waals surface area contributed by atoms with E-state index >= 15 is 0 Å². The van der Waals surface area contributed by atoms with Crippen LogP contribution in [-0.4, -0.2) is 15.8 Å². The lowest BCUT2D eigenvalue weighted by atomic mass is 10.3. The van der Waals surface area contributed by atoms with Gasteiger partial charge in [-0.15, -0.1) is 0 Å². The molecule has 0 aliphatic carbocycles. The molecular formula is C8H7ClN4O3. The molecule has 0 aromatic carbocycles. The van der Waals surface area contributed by atoms with Crippen LogP contribution in [0.3, 0.4) is 0 Å². The number of amides is 1. The Labute approximate surface area is 95.1 Å². The molecular weight excluding hydrogens is 236 g/mol. The molecule has 1 aromatic rings. The first-order valence-electron chi connectivity index (χ1n) is 3.97. The second kappa shape index (κ2) is 4.58. The van der Waals surface area contributed by atoms with Crippen LogP contribution < -0.4 is 11.1 Å². The Bertz CT molecular complexity index is 474. The normalized spacial score (nSPS) is 9.56. The highest BCUT2D eigenvalue weighted by molar-refractivity contribution is 6.29. The van der Waals surface area contributed by atoms with Crippen molar-refractivity contribution < 1.29 is 9.72 Å². The molecule has 0 unspecified atom stereocenters. The van der Waals surface area contributed by atoms with Gasteiger partial charge in [-0.1, -0.05) is 18.2 Å². The largest absolute Gasteiger partial charge is 0.364 e. The fourth-order valence-electron chi connectivity index (χ4n) is 0.892. The topological polar surface area (TPSA) is 111 Å². The Morgan fingerprint density at radius 1 is 1.69 bits per heavy atom. The van der Waals surface area contributed by atoms with E-state index in [2.05, 4.69) is 16.9 Å². The standard InChI is InChI=1S/C8H7ClN4O3/c1-4(8(10)14)12-5-2-7(9)11-3-6(5)13(15)16/h2-3H,1H2,(H2,10,14)(H,11,12). The van der Waals surface area contributed by atoms with Crippen LogP contribution in [0.25, 0.3) is 0 Å². The van der Waals surface area contributed by atoms with E-state index in [1.165, 1.54) is 6.07 Å². The van der Waals surface area contributed by atoms with E-state index in [-0.39, 0.29) is 22.2 Å². The van der Waals surface area contributed by atoms with Gasteiger partial charge < -0.3 is 11.1 Å². The van der Waals surface area contributed by atoms with E-state index in [1.807, 2.05) is 0 Å². The fraction of sp³-hybridized carbons (Fsp3) is 0. The lowest BCUT2D eigenvalue weighted by molar-refractivity contribution is -0.384. The molecule has 7 nitrogen and oxygen atoms in total. The number of nitro groups is 1. The molecule has 0 aliphatic heterocycles. The Kier molecular flexibility index (Phi) is 3.41. The van der Waals surface area contributed by atoms with Crippen LogP contribution in [-0.2, 0) is 4.79 Å². The van der Waals surface area contributed by atoms with Gasteiger partial charge in [0.05, 0.1) is 10.6 Å². The average Bonchev–Trinajstić information content (AvgIpc) is 2.16. The molecule has 84 valence electrons. The third-order valence-corrected chi connectivity index (χ3v) is 1.84. The molecule has 1 aromatic heterocycles. The van der Waals surface area contributed by atoms with Gasteiger partial charge in [-0.05, 0) is 0 Å². The zero-order valence-corrected chi connectivity index (χ0v) is 8.69. The molecule has 1 rings (SSSR count). The van der Waals surface area contributed by atoms with Crippen molar-refractivity contribution in [3.8, 4) is 0 Å². The van der Waals surface area contributed by atoms with E-state index in [1.54, 1.807) is 0 Å². The molecule has 0 saturated carbocycles. The van der Waals surface area contributed by atoms with Crippen LogP contribution in [0.1, 0.15) is 0 Å². The number of nitrogens with two attached hydrogens (primary N) is 1. The first kappa shape index (κ1) is 11.9. The molecule has 0 spiro atoms. The van der Waals surface area contributed by atoms with Gasteiger partial charge in [0.1, 0.15) is 17.0 Å².